The molecule has 0 fully saturated rings. The van der Waals surface area contributed by atoms with E-state index in [1.165, 1.54) is 0 Å². The quantitative estimate of drug-likeness (QED) is 0.444. The van der Waals surface area contributed by atoms with Crippen molar-refractivity contribution in [3.8, 4) is 5.75 Å². The lowest BCUT2D eigenvalue weighted by Gasteiger charge is -2.05. The first-order valence-corrected chi connectivity index (χ1v) is 5.65. The van der Waals surface area contributed by atoms with E-state index in [1.54, 1.807) is 11.8 Å². The summed E-state index contributed by atoms with van der Waals surface area (Å²) in [7, 11) is 0. The SMILES string of the molecule is C=CCSCCOc1cccc(N)c1. The fourth-order valence-electron chi connectivity index (χ4n) is 0.989. The van der Waals surface area contributed by atoms with Crippen molar-refractivity contribution in [1.82, 2.24) is 0 Å². The van der Waals surface area contributed by atoms with E-state index < -0.39 is 0 Å². The minimum absolute atomic E-state index is 0.710. The van der Waals surface area contributed by atoms with Crippen LogP contribution < -0.4 is 10.5 Å². The molecule has 0 bridgehead atoms. The van der Waals surface area contributed by atoms with Crippen LogP contribution in [-0.4, -0.2) is 18.1 Å². The number of benzene rings is 1. The Morgan fingerprint density at radius 2 is 2.36 bits per heavy atom. The zero-order valence-corrected chi connectivity index (χ0v) is 8.93. The normalized spacial score (nSPS) is 9.71. The molecule has 0 aromatic heterocycles. The Hall–Kier alpha value is -1.09. The first kappa shape index (κ1) is 11.0. The molecule has 0 aliphatic heterocycles. The molecule has 0 radical (unpaired) electrons. The Morgan fingerprint density at radius 3 is 3.07 bits per heavy atom. The Bertz CT molecular complexity index is 288. The molecule has 14 heavy (non-hydrogen) atoms. The number of ether oxygens (including phenoxy) is 1. The fourth-order valence-corrected chi connectivity index (χ4v) is 1.52. The first-order valence-electron chi connectivity index (χ1n) is 4.50. The Labute approximate surface area is 89.1 Å². The van der Waals surface area contributed by atoms with Gasteiger partial charge >= 0.3 is 0 Å². The number of hydrogen-bond donors (Lipinski definition) is 1. The third-order valence-electron chi connectivity index (χ3n) is 1.59. The van der Waals surface area contributed by atoms with Crippen molar-refractivity contribution >= 4 is 17.4 Å². The summed E-state index contributed by atoms with van der Waals surface area (Å²) in [4.78, 5) is 0. The van der Waals surface area contributed by atoms with Crippen LogP contribution in [0, 0.1) is 0 Å². The molecule has 0 saturated carbocycles. The highest BCUT2D eigenvalue weighted by molar-refractivity contribution is 7.99. The maximum absolute atomic E-state index is 5.61. The molecule has 0 amide bonds. The van der Waals surface area contributed by atoms with Gasteiger partial charge in [0.15, 0.2) is 0 Å². The van der Waals surface area contributed by atoms with Gasteiger partial charge in [0.25, 0.3) is 0 Å². The van der Waals surface area contributed by atoms with Gasteiger partial charge in [-0.1, -0.05) is 12.1 Å². The smallest absolute Gasteiger partial charge is 0.121 e. The third kappa shape index (κ3) is 4.23. The summed E-state index contributed by atoms with van der Waals surface area (Å²) in [6, 6.07) is 7.48. The van der Waals surface area contributed by atoms with Gasteiger partial charge in [-0.05, 0) is 12.1 Å². The minimum Gasteiger partial charge on any atom is -0.493 e. The highest BCUT2D eigenvalue weighted by Crippen LogP contribution is 2.14. The van der Waals surface area contributed by atoms with E-state index in [9.17, 15) is 0 Å². The van der Waals surface area contributed by atoms with Crippen molar-refractivity contribution in [1.29, 1.82) is 0 Å². The van der Waals surface area contributed by atoms with Gasteiger partial charge in [0.1, 0.15) is 5.75 Å². The van der Waals surface area contributed by atoms with Gasteiger partial charge in [-0.2, -0.15) is 11.8 Å². The van der Waals surface area contributed by atoms with Crippen molar-refractivity contribution in [3.63, 3.8) is 0 Å². The lowest BCUT2D eigenvalue weighted by molar-refractivity contribution is 0.344. The van der Waals surface area contributed by atoms with E-state index in [2.05, 4.69) is 6.58 Å². The summed E-state index contributed by atoms with van der Waals surface area (Å²) in [5.74, 6) is 2.78. The lowest BCUT2D eigenvalue weighted by atomic mass is 10.3. The Morgan fingerprint density at radius 1 is 1.50 bits per heavy atom. The van der Waals surface area contributed by atoms with Gasteiger partial charge in [0.2, 0.25) is 0 Å². The predicted molar refractivity (Wildman–Crippen MR) is 63.9 cm³/mol. The molecule has 76 valence electrons. The van der Waals surface area contributed by atoms with Crippen molar-refractivity contribution in [2.45, 2.75) is 0 Å². The largest absolute Gasteiger partial charge is 0.493 e. The van der Waals surface area contributed by atoms with Crippen LogP contribution in [0.25, 0.3) is 0 Å². The maximum atomic E-state index is 5.61. The van der Waals surface area contributed by atoms with Gasteiger partial charge in [-0.25, -0.2) is 0 Å². The summed E-state index contributed by atoms with van der Waals surface area (Å²) < 4.78 is 5.50. The molecule has 0 atom stereocenters. The topological polar surface area (TPSA) is 35.2 Å². The molecule has 2 nitrogen and oxygen atoms in total. The van der Waals surface area contributed by atoms with E-state index in [4.69, 9.17) is 10.5 Å². The Kier molecular flexibility index (Phi) is 5.00. The monoisotopic (exact) mass is 209 g/mol. The number of nitrogens with two attached hydrogens (primary N) is 1. The number of thioether (sulfide) groups is 1. The minimum atomic E-state index is 0.710. The Balaban J connectivity index is 2.21. The van der Waals surface area contributed by atoms with Crippen LogP contribution in [0.1, 0.15) is 0 Å². The van der Waals surface area contributed by atoms with E-state index in [0.29, 0.717) is 6.61 Å². The summed E-state index contributed by atoms with van der Waals surface area (Å²) >= 11 is 1.80. The molecule has 0 unspecified atom stereocenters. The van der Waals surface area contributed by atoms with E-state index >= 15 is 0 Å². The van der Waals surface area contributed by atoms with Crippen molar-refractivity contribution in [2.75, 3.05) is 23.8 Å². The summed E-state index contributed by atoms with van der Waals surface area (Å²) in [6.45, 7) is 4.36. The third-order valence-corrected chi connectivity index (χ3v) is 2.52. The van der Waals surface area contributed by atoms with Crippen LogP contribution in [0.15, 0.2) is 36.9 Å². The molecule has 0 heterocycles. The second-order valence-corrected chi connectivity index (χ2v) is 3.93. The zero-order chi connectivity index (χ0) is 10.2. The van der Waals surface area contributed by atoms with Crippen LogP contribution in [0.2, 0.25) is 0 Å². The van der Waals surface area contributed by atoms with Crippen LogP contribution >= 0.6 is 11.8 Å². The van der Waals surface area contributed by atoms with Crippen LogP contribution in [-0.2, 0) is 0 Å². The molecule has 1 aromatic rings. The standard InChI is InChI=1S/C11H15NOS/c1-2-7-14-8-6-13-11-5-3-4-10(12)9-11/h2-5,9H,1,6-8,12H2. The van der Waals surface area contributed by atoms with E-state index in [0.717, 1.165) is 22.9 Å². The summed E-state index contributed by atoms with van der Waals surface area (Å²) in [5, 5.41) is 0. The fraction of sp³-hybridized carbons (Fsp3) is 0.273. The number of rotatable bonds is 6. The van der Waals surface area contributed by atoms with Crippen molar-refractivity contribution < 1.29 is 4.74 Å². The summed E-state index contributed by atoms with van der Waals surface area (Å²) in [5.41, 5.74) is 6.35. The first-order chi connectivity index (χ1) is 6.83. The molecular weight excluding hydrogens is 194 g/mol. The highest BCUT2D eigenvalue weighted by Gasteiger charge is 1.93. The number of anilines is 1. The van der Waals surface area contributed by atoms with E-state index in [1.807, 2.05) is 30.3 Å². The van der Waals surface area contributed by atoms with Gasteiger partial charge in [0.05, 0.1) is 6.61 Å². The summed E-state index contributed by atoms with van der Waals surface area (Å²) in [6.07, 6.45) is 1.89. The zero-order valence-electron chi connectivity index (χ0n) is 8.11. The molecule has 3 heteroatoms. The van der Waals surface area contributed by atoms with Crippen LogP contribution in [0.5, 0.6) is 5.75 Å². The molecule has 0 spiro atoms. The van der Waals surface area contributed by atoms with Crippen molar-refractivity contribution in [3.05, 3.63) is 36.9 Å². The predicted octanol–water partition coefficient (Wildman–Crippen LogP) is 2.57. The average Bonchev–Trinajstić information content (AvgIpc) is 2.18. The second-order valence-electron chi connectivity index (χ2n) is 2.78. The number of hydrogen-bond acceptors (Lipinski definition) is 3. The molecule has 1 rings (SSSR count). The molecular formula is C11H15NOS. The van der Waals surface area contributed by atoms with E-state index in [-0.39, 0.29) is 0 Å². The molecule has 0 aliphatic rings. The van der Waals surface area contributed by atoms with Crippen LogP contribution in [0.4, 0.5) is 5.69 Å². The molecule has 0 saturated heterocycles. The molecule has 1 aromatic carbocycles. The van der Waals surface area contributed by atoms with Crippen LogP contribution in [0.3, 0.4) is 0 Å². The second kappa shape index (κ2) is 6.38. The van der Waals surface area contributed by atoms with Gasteiger partial charge in [0, 0.05) is 23.3 Å². The van der Waals surface area contributed by atoms with Crippen molar-refractivity contribution in [2.24, 2.45) is 0 Å². The maximum Gasteiger partial charge on any atom is 0.121 e. The lowest BCUT2D eigenvalue weighted by Crippen LogP contribution is -2.00. The molecule has 2 N–H and O–H groups in total. The van der Waals surface area contributed by atoms with Gasteiger partial charge in [-0.15, -0.1) is 6.58 Å². The number of nitrogen functional groups attached to an aromatic ring is 1. The highest BCUT2D eigenvalue weighted by atomic mass is 32.2. The van der Waals surface area contributed by atoms with Gasteiger partial charge in [-0.3, -0.25) is 0 Å². The van der Waals surface area contributed by atoms with Gasteiger partial charge < -0.3 is 10.5 Å². The molecule has 0 aliphatic carbocycles. The average molecular weight is 209 g/mol.